The Morgan fingerprint density at radius 3 is 2.65 bits per heavy atom. The summed E-state index contributed by atoms with van der Waals surface area (Å²) in [6.45, 7) is 2.26. The van der Waals surface area contributed by atoms with Gasteiger partial charge < -0.3 is 0 Å². The van der Waals surface area contributed by atoms with Crippen molar-refractivity contribution in [2.24, 2.45) is 0 Å². The quantitative estimate of drug-likeness (QED) is 0.298. The van der Waals surface area contributed by atoms with Crippen LogP contribution in [-0.4, -0.2) is 4.98 Å². The summed E-state index contributed by atoms with van der Waals surface area (Å²) in [5.74, 6) is 0. The Morgan fingerprint density at radius 1 is 0.826 bits per heavy atom. The van der Waals surface area contributed by atoms with Gasteiger partial charge in [0.2, 0.25) is 0 Å². The van der Waals surface area contributed by atoms with Crippen LogP contribution in [-0.2, 0) is 12.8 Å². The predicted octanol–water partition coefficient (Wildman–Crippen LogP) is 5.73. The molecule has 0 N–H and O–H groups in total. The minimum absolute atomic E-state index is 1.13. The Kier molecular flexibility index (Phi) is 2.72. The summed E-state index contributed by atoms with van der Waals surface area (Å²) in [6, 6.07) is 17.7. The molecule has 0 bridgehead atoms. The highest BCUT2D eigenvalue weighted by atomic mass is 14.7. The highest BCUT2D eigenvalue weighted by Crippen LogP contribution is 2.35. The molecule has 1 heterocycles. The molecule has 1 nitrogen and oxygen atoms in total. The number of hydrogen-bond donors (Lipinski definition) is 0. The minimum atomic E-state index is 1.13. The fourth-order valence-corrected chi connectivity index (χ4v) is 4.24. The van der Waals surface area contributed by atoms with Crippen LogP contribution in [0.3, 0.4) is 0 Å². The molecule has 0 saturated heterocycles. The first-order valence-electron chi connectivity index (χ1n) is 8.55. The molecule has 0 saturated carbocycles. The number of hydrogen-bond acceptors (Lipinski definition) is 1. The summed E-state index contributed by atoms with van der Waals surface area (Å²) in [6.07, 6.45) is 5.00. The standard InChI is InChI=1S/C22H19N/c1-14-17-12-10-16-7-3-5-9-19(16)22(17)23-20-13-11-15-6-2-4-8-18(15)21(14)20/h2,4,6,8,10-13H,3,5,7,9H2,1H3. The van der Waals surface area contributed by atoms with Crippen LogP contribution in [0.4, 0.5) is 0 Å². The minimum Gasteiger partial charge on any atom is -0.247 e. The highest BCUT2D eigenvalue weighted by molar-refractivity contribution is 6.12. The molecule has 4 aromatic rings. The molecular weight excluding hydrogens is 278 g/mol. The van der Waals surface area contributed by atoms with E-state index < -0.39 is 0 Å². The second-order valence-electron chi connectivity index (χ2n) is 6.72. The van der Waals surface area contributed by atoms with Gasteiger partial charge in [-0.15, -0.1) is 0 Å². The molecule has 1 aliphatic rings. The smallest absolute Gasteiger partial charge is 0.0747 e. The number of benzene rings is 3. The van der Waals surface area contributed by atoms with Crippen molar-refractivity contribution in [3.8, 4) is 0 Å². The number of nitrogens with zero attached hydrogens (tertiary/aromatic N) is 1. The normalized spacial score (nSPS) is 14.5. The molecule has 1 aliphatic carbocycles. The van der Waals surface area contributed by atoms with E-state index in [1.807, 2.05) is 0 Å². The fraction of sp³-hybridized carbons (Fsp3) is 0.227. The van der Waals surface area contributed by atoms with Crippen molar-refractivity contribution in [1.29, 1.82) is 0 Å². The van der Waals surface area contributed by atoms with Crippen LogP contribution < -0.4 is 0 Å². The molecule has 0 atom stereocenters. The van der Waals surface area contributed by atoms with Gasteiger partial charge in [-0.25, -0.2) is 4.98 Å². The van der Waals surface area contributed by atoms with Gasteiger partial charge in [0, 0.05) is 10.8 Å². The van der Waals surface area contributed by atoms with E-state index in [0.717, 1.165) is 5.52 Å². The number of rotatable bonds is 0. The third-order valence-electron chi connectivity index (χ3n) is 5.42. The van der Waals surface area contributed by atoms with E-state index in [4.69, 9.17) is 4.98 Å². The van der Waals surface area contributed by atoms with E-state index in [2.05, 4.69) is 55.5 Å². The van der Waals surface area contributed by atoms with Crippen molar-refractivity contribution < 1.29 is 0 Å². The first-order valence-corrected chi connectivity index (χ1v) is 8.55. The van der Waals surface area contributed by atoms with Crippen LogP contribution in [0.1, 0.15) is 29.5 Å². The first-order chi connectivity index (χ1) is 11.3. The summed E-state index contributed by atoms with van der Waals surface area (Å²) < 4.78 is 0. The van der Waals surface area contributed by atoms with Gasteiger partial charge in [-0.2, -0.15) is 0 Å². The molecule has 0 aliphatic heterocycles. The molecule has 0 unspecified atom stereocenters. The lowest BCUT2D eigenvalue weighted by atomic mass is 9.88. The molecule has 23 heavy (non-hydrogen) atoms. The lowest BCUT2D eigenvalue weighted by Crippen LogP contribution is -2.04. The molecule has 5 rings (SSSR count). The Balaban J connectivity index is 1.98. The zero-order chi connectivity index (χ0) is 15.4. The van der Waals surface area contributed by atoms with Crippen molar-refractivity contribution >= 4 is 32.6 Å². The Labute approximate surface area is 136 Å². The number of aryl methyl sites for hydroxylation is 3. The van der Waals surface area contributed by atoms with E-state index in [1.54, 1.807) is 0 Å². The molecule has 3 aromatic carbocycles. The molecule has 1 heteroatoms. The SMILES string of the molecule is Cc1c2ccc3c(c2nc2ccc4ccccc4c12)CCCC3. The van der Waals surface area contributed by atoms with Gasteiger partial charge >= 0.3 is 0 Å². The first kappa shape index (κ1) is 13.1. The Hall–Kier alpha value is -2.41. The van der Waals surface area contributed by atoms with Gasteiger partial charge in [0.05, 0.1) is 11.0 Å². The van der Waals surface area contributed by atoms with Crippen molar-refractivity contribution in [2.45, 2.75) is 32.6 Å². The molecular formula is C22H19N. The largest absolute Gasteiger partial charge is 0.247 e. The average molecular weight is 297 g/mol. The Morgan fingerprint density at radius 2 is 1.70 bits per heavy atom. The maximum Gasteiger partial charge on any atom is 0.0747 e. The van der Waals surface area contributed by atoms with Gasteiger partial charge in [0.25, 0.3) is 0 Å². The summed E-state index contributed by atoms with van der Waals surface area (Å²) in [5, 5.41) is 5.25. The van der Waals surface area contributed by atoms with Crippen LogP contribution in [0, 0.1) is 6.92 Å². The summed E-state index contributed by atoms with van der Waals surface area (Å²) in [7, 11) is 0. The fourth-order valence-electron chi connectivity index (χ4n) is 4.24. The number of pyridine rings is 1. The number of fused-ring (bicyclic) bond motifs is 6. The molecule has 0 radical (unpaired) electrons. The van der Waals surface area contributed by atoms with E-state index in [0.29, 0.717) is 0 Å². The molecule has 0 amide bonds. The van der Waals surface area contributed by atoms with Crippen LogP contribution >= 0.6 is 0 Å². The van der Waals surface area contributed by atoms with Crippen molar-refractivity contribution in [3.63, 3.8) is 0 Å². The van der Waals surface area contributed by atoms with Crippen molar-refractivity contribution in [1.82, 2.24) is 4.98 Å². The molecule has 1 aromatic heterocycles. The number of aromatic nitrogens is 1. The predicted molar refractivity (Wildman–Crippen MR) is 98.1 cm³/mol. The third-order valence-corrected chi connectivity index (χ3v) is 5.42. The lowest BCUT2D eigenvalue weighted by Gasteiger charge is -2.19. The van der Waals surface area contributed by atoms with Crippen LogP contribution in [0.25, 0.3) is 32.6 Å². The molecule has 112 valence electrons. The summed E-state index contributed by atoms with van der Waals surface area (Å²) >= 11 is 0. The van der Waals surface area contributed by atoms with E-state index >= 15 is 0 Å². The summed E-state index contributed by atoms with van der Waals surface area (Å²) in [5.41, 5.74) is 6.74. The van der Waals surface area contributed by atoms with Crippen LogP contribution in [0.2, 0.25) is 0 Å². The maximum absolute atomic E-state index is 5.10. The Bertz CT molecular complexity index is 1080. The van der Waals surface area contributed by atoms with Gasteiger partial charge in [-0.1, -0.05) is 42.5 Å². The molecule has 0 spiro atoms. The van der Waals surface area contributed by atoms with Crippen molar-refractivity contribution in [3.05, 3.63) is 65.2 Å². The van der Waals surface area contributed by atoms with E-state index in [9.17, 15) is 0 Å². The van der Waals surface area contributed by atoms with Crippen LogP contribution in [0.15, 0.2) is 48.5 Å². The van der Waals surface area contributed by atoms with Gasteiger partial charge in [-0.3, -0.25) is 0 Å². The maximum atomic E-state index is 5.10. The zero-order valence-electron chi connectivity index (χ0n) is 13.4. The lowest BCUT2D eigenvalue weighted by molar-refractivity contribution is 0.689. The monoisotopic (exact) mass is 297 g/mol. The average Bonchev–Trinajstić information content (AvgIpc) is 2.61. The van der Waals surface area contributed by atoms with Crippen molar-refractivity contribution in [2.75, 3.05) is 0 Å². The summed E-state index contributed by atoms with van der Waals surface area (Å²) in [4.78, 5) is 5.10. The van der Waals surface area contributed by atoms with Gasteiger partial charge in [0.15, 0.2) is 0 Å². The van der Waals surface area contributed by atoms with Crippen LogP contribution in [0.5, 0.6) is 0 Å². The van der Waals surface area contributed by atoms with E-state index in [1.165, 1.54) is 69.4 Å². The van der Waals surface area contributed by atoms with Gasteiger partial charge in [0.1, 0.15) is 0 Å². The topological polar surface area (TPSA) is 12.9 Å². The second kappa shape index (κ2) is 4.79. The van der Waals surface area contributed by atoms with Gasteiger partial charge in [-0.05, 0) is 66.1 Å². The highest BCUT2D eigenvalue weighted by Gasteiger charge is 2.16. The van der Waals surface area contributed by atoms with E-state index in [-0.39, 0.29) is 0 Å². The molecule has 0 fully saturated rings. The second-order valence-corrected chi connectivity index (χ2v) is 6.72. The zero-order valence-corrected chi connectivity index (χ0v) is 13.4. The third kappa shape index (κ3) is 1.83.